The summed E-state index contributed by atoms with van der Waals surface area (Å²) in [6, 6.07) is 6.74. The molecule has 6 nitrogen and oxygen atoms in total. The molecule has 0 aliphatic carbocycles. The van der Waals surface area contributed by atoms with Crippen LogP contribution < -0.4 is 9.03 Å². The topological polar surface area (TPSA) is 83.6 Å². The van der Waals surface area contributed by atoms with Crippen molar-refractivity contribution in [3.8, 4) is 0 Å². The lowest BCUT2D eigenvalue weighted by molar-refractivity contribution is -0.136. The molecule has 0 spiro atoms. The molecule has 1 N–H and O–H groups in total. The van der Waals surface area contributed by atoms with Crippen LogP contribution >= 0.6 is 11.6 Å². The molecule has 0 bridgehead atoms. The number of aryl methyl sites for hydroxylation is 1. The zero-order chi connectivity index (χ0) is 22.3. The van der Waals surface area contributed by atoms with E-state index in [1.165, 1.54) is 19.1 Å². The molecule has 0 amide bonds. The third-order valence-electron chi connectivity index (χ3n) is 4.63. The van der Waals surface area contributed by atoms with E-state index in [-0.39, 0.29) is 33.5 Å². The largest absolute Gasteiger partial charge is 0.418 e. The first-order valence-corrected chi connectivity index (χ1v) is 12.3. The zero-order valence-electron chi connectivity index (χ0n) is 15.7. The highest BCUT2D eigenvalue weighted by atomic mass is 35.5. The Morgan fingerprint density at radius 2 is 1.80 bits per heavy atom. The molecular weight excluding hydrogens is 465 g/mol. The summed E-state index contributed by atoms with van der Waals surface area (Å²) in [6.07, 6.45) is -3.71. The lowest BCUT2D eigenvalue weighted by Gasteiger charge is -2.28. The molecule has 30 heavy (non-hydrogen) atoms. The van der Waals surface area contributed by atoms with Gasteiger partial charge in [-0.25, -0.2) is 16.8 Å². The Labute approximate surface area is 177 Å². The molecule has 2 aromatic carbocycles. The van der Waals surface area contributed by atoms with Gasteiger partial charge in [0.1, 0.15) is 0 Å². The normalized spacial score (nSPS) is 17.0. The van der Waals surface area contributed by atoms with Crippen molar-refractivity contribution >= 4 is 43.0 Å². The minimum absolute atomic E-state index is 0.0546. The Morgan fingerprint density at radius 1 is 1.10 bits per heavy atom. The molecule has 0 unspecified atom stereocenters. The van der Waals surface area contributed by atoms with Gasteiger partial charge in [0.05, 0.1) is 27.6 Å². The quantitative estimate of drug-likeness (QED) is 0.700. The Hall–Kier alpha value is -1.98. The molecule has 3 rings (SSSR count). The van der Waals surface area contributed by atoms with Crippen molar-refractivity contribution in [2.75, 3.05) is 21.3 Å². The van der Waals surface area contributed by atoms with Crippen LogP contribution in [0.5, 0.6) is 0 Å². The standard InChI is InChI=1S/C18H18ClF3N2O4S2/c1-12-4-6-14(24-8-2-3-9-29(24,25)26)11-17(12)30(27,28)23-16-7-5-13(19)10-15(16)18(20,21)22/h4-7,10-11,23H,2-3,8-9H2,1H3. The lowest BCUT2D eigenvalue weighted by atomic mass is 10.2. The van der Waals surface area contributed by atoms with Crippen molar-refractivity contribution in [3.05, 3.63) is 52.5 Å². The third kappa shape index (κ3) is 4.68. The van der Waals surface area contributed by atoms with Gasteiger partial charge in [-0.3, -0.25) is 9.03 Å². The molecule has 1 aliphatic rings. The molecule has 0 saturated carbocycles. The second kappa shape index (κ2) is 7.93. The number of nitrogens with one attached hydrogen (secondary N) is 1. The van der Waals surface area contributed by atoms with Gasteiger partial charge < -0.3 is 0 Å². The maximum absolute atomic E-state index is 13.3. The summed E-state index contributed by atoms with van der Waals surface area (Å²) in [4.78, 5) is -0.316. The molecule has 0 aromatic heterocycles. The number of hydrogen-bond donors (Lipinski definition) is 1. The third-order valence-corrected chi connectivity index (χ3v) is 8.24. The van der Waals surface area contributed by atoms with Crippen LogP contribution in [-0.4, -0.2) is 29.1 Å². The fraction of sp³-hybridized carbons (Fsp3) is 0.333. The number of anilines is 2. The molecule has 1 saturated heterocycles. The van der Waals surface area contributed by atoms with Crippen molar-refractivity contribution in [2.45, 2.75) is 30.8 Å². The summed E-state index contributed by atoms with van der Waals surface area (Å²) in [5.41, 5.74) is -1.51. The number of sulfonamides is 2. The van der Waals surface area contributed by atoms with Crippen LogP contribution in [0.3, 0.4) is 0 Å². The van der Waals surface area contributed by atoms with E-state index in [4.69, 9.17) is 11.6 Å². The Bertz CT molecular complexity index is 1180. The predicted octanol–water partition coefficient (Wildman–Crippen LogP) is 4.40. The highest BCUT2D eigenvalue weighted by Crippen LogP contribution is 2.38. The molecule has 0 atom stereocenters. The molecule has 0 radical (unpaired) electrons. The fourth-order valence-electron chi connectivity index (χ4n) is 3.15. The Morgan fingerprint density at radius 3 is 2.43 bits per heavy atom. The summed E-state index contributed by atoms with van der Waals surface area (Å²) >= 11 is 5.63. The summed E-state index contributed by atoms with van der Waals surface area (Å²) in [7, 11) is -8.04. The van der Waals surface area contributed by atoms with Gasteiger partial charge in [0, 0.05) is 11.6 Å². The summed E-state index contributed by atoms with van der Waals surface area (Å²) in [5.74, 6) is -0.0546. The van der Waals surface area contributed by atoms with E-state index in [1.807, 2.05) is 4.72 Å². The van der Waals surface area contributed by atoms with Crippen LogP contribution in [0.2, 0.25) is 5.02 Å². The van der Waals surface area contributed by atoms with E-state index >= 15 is 0 Å². The van der Waals surface area contributed by atoms with Gasteiger partial charge in [-0.15, -0.1) is 0 Å². The molecule has 1 heterocycles. The van der Waals surface area contributed by atoms with Crippen LogP contribution in [-0.2, 0) is 26.2 Å². The maximum Gasteiger partial charge on any atom is 0.418 e. The monoisotopic (exact) mass is 482 g/mol. The number of rotatable bonds is 4. The van der Waals surface area contributed by atoms with Crippen LogP contribution in [0, 0.1) is 6.92 Å². The van der Waals surface area contributed by atoms with Crippen molar-refractivity contribution in [1.82, 2.24) is 0 Å². The van der Waals surface area contributed by atoms with E-state index in [9.17, 15) is 30.0 Å². The van der Waals surface area contributed by atoms with Gasteiger partial charge in [-0.05, 0) is 55.7 Å². The van der Waals surface area contributed by atoms with E-state index in [0.29, 0.717) is 18.9 Å². The second-order valence-electron chi connectivity index (χ2n) is 6.84. The Balaban J connectivity index is 2.04. The minimum atomic E-state index is -4.83. The molecule has 164 valence electrons. The zero-order valence-corrected chi connectivity index (χ0v) is 18.1. The number of benzene rings is 2. The van der Waals surface area contributed by atoms with Crippen molar-refractivity contribution in [2.24, 2.45) is 0 Å². The highest BCUT2D eigenvalue weighted by Gasteiger charge is 2.35. The molecule has 12 heteroatoms. The van der Waals surface area contributed by atoms with E-state index < -0.39 is 37.5 Å². The lowest BCUT2D eigenvalue weighted by Crippen LogP contribution is -2.38. The summed E-state index contributed by atoms with van der Waals surface area (Å²) in [5, 5.41) is -0.196. The number of alkyl halides is 3. The smallest absolute Gasteiger partial charge is 0.279 e. The SMILES string of the molecule is Cc1ccc(N2CCCCS2(=O)=O)cc1S(=O)(=O)Nc1ccc(Cl)cc1C(F)(F)F. The van der Waals surface area contributed by atoms with Gasteiger partial charge in [-0.1, -0.05) is 17.7 Å². The van der Waals surface area contributed by atoms with Crippen molar-refractivity contribution in [1.29, 1.82) is 0 Å². The minimum Gasteiger partial charge on any atom is -0.279 e. The van der Waals surface area contributed by atoms with Gasteiger partial charge >= 0.3 is 6.18 Å². The molecule has 2 aromatic rings. The summed E-state index contributed by atoms with van der Waals surface area (Å²) < 4.78 is 93.5. The maximum atomic E-state index is 13.3. The fourth-order valence-corrected chi connectivity index (χ4v) is 6.30. The van der Waals surface area contributed by atoms with Crippen molar-refractivity contribution in [3.63, 3.8) is 0 Å². The van der Waals surface area contributed by atoms with Gasteiger partial charge in [0.25, 0.3) is 10.0 Å². The predicted molar refractivity (Wildman–Crippen MR) is 109 cm³/mol. The van der Waals surface area contributed by atoms with Crippen molar-refractivity contribution < 1.29 is 30.0 Å². The van der Waals surface area contributed by atoms with Crippen LogP contribution in [0.1, 0.15) is 24.0 Å². The Kier molecular flexibility index (Phi) is 6.00. The van der Waals surface area contributed by atoms with E-state index in [1.54, 1.807) is 0 Å². The van der Waals surface area contributed by atoms with Gasteiger partial charge in [-0.2, -0.15) is 13.2 Å². The van der Waals surface area contributed by atoms with Gasteiger partial charge in [0.2, 0.25) is 10.0 Å². The average Bonchev–Trinajstić information content (AvgIpc) is 2.62. The average molecular weight is 483 g/mol. The first-order chi connectivity index (χ1) is 13.8. The number of halogens is 4. The van der Waals surface area contributed by atoms with Crippen LogP contribution in [0.15, 0.2) is 41.3 Å². The summed E-state index contributed by atoms with van der Waals surface area (Å²) in [6.45, 7) is 1.67. The molecule has 1 aliphatic heterocycles. The number of hydrogen-bond acceptors (Lipinski definition) is 4. The van der Waals surface area contributed by atoms with Crippen LogP contribution in [0.25, 0.3) is 0 Å². The van der Waals surface area contributed by atoms with Gasteiger partial charge in [0.15, 0.2) is 0 Å². The second-order valence-corrected chi connectivity index (χ2v) is 10.9. The molecular formula is C18H18ClF3N2O4S2. The number of nitrogens with zero attached hydrogens (tertiary/aromatic N) is 1. The molecule has 1 fully saturated rings. The van der Waals surface area contributed by atoms with E-state index in [2.05, 4.69) is 0 Å². The van der Waals surface area contributed by atoms with Crippen LogP contribution in [0.4, 0.5) is 24.5 Å². The highest BCUT2D eigenvalue weighted by molar-refractivity contribution is 7.93. The van der Waals surface area contributed by atoms with E-state index in [0.717, 1.165) is 22.5 Å². The first kappa shape index (κ1) is 22.7. The first-order valence-electron chi connectivity index (χ1n) is 8.82.